The highest BCUT2D eigenvalue weighted by molar-refractivity contribution is 5.68. The molecule has 1 unspecified atom stereocenters. The topological polar surface area (TPSA) is 55.8 Å². The quantitative estimate of drug-likeness (QED) is 0.873. The Balaban J connectivity index is 2.21. The molecule has 1 atom stereocenters. The van der Waals surface area contributed by atoms with Gasteiger partial charge in [0.15, 0.2) is 11.5 Å². The minimum Gasteiger partial charge on any atom is -0.486 e. The molecule has 1 aromatic rings. The number of carbonyl (C=O) groups is 1. The van der Waals surface area contributed by atoms with Gasteiger partial charge in [0.2, 0.25) is 0 Å². The molecule has 18 heavy (non-hydrogen) atoms. The molecule has 0 fully saturated rings. The highest BCUT2D eigenvalue weighted by Crippen LogP contribution is 2.35. The Morgan fingerprint density at radius 1 is 1.33 bits per heavy atom. The number of carboxylic acid groups (broad SMARTS) is 1. The number of benzene rings is 1. The van der Waals surface area contributed by atoms with Crippen molar-refractivity contribution in [3.8, 4) is 11.5 Å². The number of aliphatic carboxylic acids is 1. The third-order valence-electron chi connectivity index (χ3n) is 3.10. The van der Waals surface area contributed by atoms with Crippen molar-refractivity contribution in [1.82, 2.24) is 0 Å². The van der Waals surface area contributed by atoms with E-state index in [1.165, 1.54) is 0 Å². The third kappa shape index (κ3) is 2.94. The molecule has 1 heterocycles. The minimum absolute atomic E-state index is 0.0447. The SMILES string of the molecule is CCCC(CC(=O)O)c1ccc2c(c1)OCCO2. The van der Waals surface area contributed by atoms with Gasteiger partial charge in [0.05, 0.1) is 6.42 Å². The Morgan fingerprint density at radius 3 is 2.72 bits per heavy atom. The van der Waals surface area contributed by atoms with Gasteiger partial charge < -0.3 is 14.6 Å². The molecule has 0 bridgehead atoms. The largest absolute Gasteiger partial charge is 0.486 e. The van der Waals surface area contributed by atoms with Crippen LogP contribution in [0.4, 0.5) is 0 Å². The average Bonchev–Trinajstić information content (AvgIpc) is 2.37. The van der Waals surface area contributed by atoms with E-state index in [1.54, 1.807) is 0 Å². The second kappa shape index (κ2) is 5.76. The zero-order chi connectivity index (χ0) is 13.0. The van der Waals surface area contributed by atoms with E-state index >= 15 is 0 Å². The van der Waals surface area contributed by atoms with Crippen LogP contribution in [-0.4, -0.2) is 24.3 Å². The van der Waals surface area contributed by atoms with Crippen LogP contribution in [0.25, 0.3) is 0 Å². The number of ether oxygens (including phenoxy) is 2. The number of fused-ring (bicyclic) bond motifs is 1. The van der Waals surface area contributed by atoms with Crippen LogP contribution >= 0.6 is 0 Å². The second-order valence-electron chi connectivity index (χ2n) is 4.49. The average molecular weight is 250 g/mol. The van der Waals surface area contributed by atoms with Gasteiger partial charge in [-0.25, -0.2) is 0 Å². The lowest BCUT2D eigenvalue weighted by Crippen LogP contribution is -2.16. The van der Waals surface area contributed by atoms with E-state index in [9.17, 15) is 4.79 Å². The maximum atomic E-state index is 10.9. The highest BCUT2D eigenvalue weighted by atomic mass is 16.6. The van der Waals surface area contributed by atoms with Crippen molar-refractivity contribution in [2.45, 2.75) is 32.1 Å². The van der Waals surface area contributed by atoms with E-state index < -0.39 is 5.97 Å². The molecular weight excluding hydrogens is 232 g/mol. The molecule has 4 nitrogen and oxygen atoms in total. The van der Waals surface area contributed by atoms with Gasteiger partial charge in [-0.3, -0.25) is 4.79 Å². The maximum absolute atomic E-state index is 10.9. The number of hydrogen-bond acceptors (Lipinski definition) is 3. The fourth-order valence-electron chi connectivity index (χ4n) is 2.26. The first-order chi connectivity index (χ1) is 8.70. The standard InChI is InChI=1S/C14H18O4/c1-2-3-10(9-14(15)16)11-4-5-12-13(8-11)18-7-6-17-12/h4-5,8,10H,2-3,6-7,9H2,1H3,(H,15,16). The highest BCUT2D eigenvalue weighted by Gasteiger charge is 2.18. The van der Waals surface area contributed by atoms with Gasteiger partial charge in [-0.05, 0) is 30.0 Å². The molecule has 0 saturated carbocycles. The van der Waals surface area contributed by atoms with E-state index in [0.29, 0.717) is 13.2 Å². The molecule has 1 aliphatic rings. The summed E-state index contributed by atoms with van der Waals surface area (Å²) in [5.74, 6) is 0.757. The van der Waals surface area contributed by atoms with Crippen LogP contribution in [0.3, 0.4) is 0 Å². The molecule has 0 aromatic heterocycles. The fourth-order valence-corrected chi connectivity index (χ4v) is 2.26. The van der Waals surface area contributed by atoms with Crippen molar-refractivity contribution in [3.05, 3.63) is 23.8 Å². The molecule has 4 heteroatoms. The molecule has 1 N–H and O–H groups in total. The number of carboxylic acids is 1. The molecular formula is C14H18O4. The summed E-state index contributed by atoms with van der Waals surface area (Å²) in [6.07, 6.45) is 1.99. The van der Waals surface area contributed by atoms with E-state index in [-0.39, 0.29) is 12.3 Å². The van der Waals surface area contributed by atoms with Gasteiger partial charge >= 0.3 is 5.97 Å². The van der Waals surface area contributed by atoms with Gasteiger partial charge in [0.1, 0.15) is 13.2 Å². The Bertz CT molecular complexity index is 428. The van der Waals surface area contributed by atoms with Crippen molar-refractivity contribution < 1.29 is 19.4 Å². The molecule has 0 aliphatic carbocycles. The summed E-state index contributed by atoms with van der Waals surface area (Å²) in [5.41, 5.74) is 1.02. The van der Waals surface area contributed by atoms with E-state index in [1.807, 2.05) is 18.2 Å². The summed E-state index contributed by atoms with van der Waals surface area (Å²) in [7, 11) is 0. The Labute approximate surface area is 107 Å². The fraction of sp³-hybridized carbons (Fsp3) is 0.500. The van der Waals surface area contributed by atoms with E-state index in [2.05, 4.69) is 6.92 Å². The van der Waals surface area contributed by atoms with Crippen LogP contribution in [0, 0.1) is 0 Å². The predicted molar refractivity (Wildman–Crippen MR) is 67.3 cm³/mol. The summed E-state index contributed by atoms with van der Waals surface area (Å²) < 4.78 is 11.0. The smallest absolute Gasteiger partial charge is 0.303 e. The van der Waals surface area contributed by atoms with Crippen LogP contribution in [0.15, 0.2) is 18.2 Å². The summed E-state index contributed by atoms with van der Waals surface area (Å²) in [5, 5.41) is 8.95. The van der Waals surface area contributed by atoms with Crippen LogP contribution in [0.1, 0.15) is 37.7 Å². The first-order valence-corrected chi connectivity index (χ1v) is 6.32. The van der Waals surface area contributed by atoms with E-state index in [0.717, 1.165) is 29.9 Å². The third-order valence-corrected chi connectivity index (χ3v) is 3.10. The molecule has 0 spiro atoms. The molecule has 1 aromatic carbocycles. The lowest BCUT2D eigenvalue weighted by atomic mass is 9.91. The van der Waals surface area contributed by atoms with Crippen molar-refractivity contribution >= 4 is 5.97 Å². The molecule has 0 saturated heterocycles. The van der Waals surface area contributed by atoms with Crippen molar-refractivity contribution in [2.75, 3.05) is 13.2 Å². The zero-order valence-electron chi connectivity index (χ0n) is 10.5. The number of rotatable bonds is 5. The molecule has 0 amide bonds. The van der Waals surface area contributed by atoms with Crippen LogP contribution in [0.5, 0.6) is 11.5 Å². The maximum Gasteiger partial charge on any atom is 0.303 e. The molecule has 1 aliphatic heterocycles. The van der Waals surface area contributed by atoms with Crippen LogP contribution < -0.4 is 9.47 Å². The Hall–Kier alpha value is -1.71. The van der Waals surface area contributed by atoms with Crippen LogP contribution in [0.2, 0.25) is 0 Å². The minimum atomic E-state index is -0.761. The Kier molecular flexibility index (Phi) is 4.07. The second-order valence-corrected chi connectivity index (χ2v) is 4.49. The van der Waals surface area contributed by atoms with Gasteiger partial charge in [-0.15, -0.1) is 0 Å². The monoisotopic (exact) mass is 250 g/mol. The molecule has 0 radical (unpaired) electrons. The van der Waals surface area contributed by atoms with Crippen LogP contribution in [-0.2, 0) is 4.79 Å². The van der Waals surface area contributed by atoms with Crippen molar-refractivity contribution in [2.24, 2.45) is 0 Å². The Morgan fingerprint density at radius 2 is 2.06 bits per heavy atom. The summed E-state index contributed by atoms with van der Waals surface area (Å²) in [6, 6.07) is 5.73. The predicted octanol–water partition coefficient (Wildman–Crippen LogP) is 2.82. The summed E-state index contributed by atoms with van der Waals surface area (Å²) >= 11 is 0. The van der Waals surface area contributed by atoms with E-state index in [4.69, 9.17) is 14.6 Å². The molecule has 2 rings (SSSR count). The van der Waals surface area contributed by atoms with Crippen molar-refractivity contribution in [1.29, 1.82) is 0 Å². The molecule has 98 valence electrons. The normalized spacial score (nSPS) is 15.2. The lowest BCUT2D eigenvalue weighted by molar-refractivity contribution is -0.137. The summed E-state index contributed by atoms with van der Waals surface area (Å²) in [6.45, 7) is 3.18. The number of hydrogen-bond donors (Lipinski definition) is 1. The first kappa shape index (κ1) is 12.7. The van der Waals surface area contributed by atoms with Gasteiger partial charge in [0, 0.05) is 0 Å². The van der Waals surface area contributed by atoms with Gasteiger partial charge in [-0.2, -0.15) is 0 Å². The first-order valence-electron chi connectivity index (χ1n) is 6.32. The van der Waals surface area contributed by atoms with Gasteiger partial charge in [-0.1, -0.05) is 19.4 Å². The van der Waals surface area contributed by atoms with Crippen molar-refractivity contribution in [3.63, 3.8) is 0 Å². The lowest BCUT2D eigenvalue weighted by Gasteiger charge is -2.21. The van der Waals surface area contributed by atoms with Gasteiger partial charge in [0.25, 0.3) is 0 Å². The zero-order valence-corrected chi connectivity index (χ0v) is 10.5. The summed E-state index contributed by atoms with van der Waals surface area (Å²) in [4.78, 5) is 10.9.